The molecule has 0 spiro atoms. The molecule has 2 aromatic rings. The molecule has 0 aliphatic carbocycles. The van der Waals surface area contributed by atoms with Crippen molar-refractivity contribution in [2.24, 2.45) is 0 Å². The molecular weight excluding hydrogens is 426 g/mol. The molecule has 1 N–H and O–H groups in total. The second-order valence-corrected chi connectivity index (χ2v) is 8.61. The summed E-state index contributed by atoms with van der Waals surface area (Å²) in [5.41, 5.74) is 0.842. The number of benzene rings is 2. The van der Waals surface area contributed by atoms with Gasteiger partial charge in [0.2, 0.25) is 15.9 Å². The smallest absolute Gasteiger partial charge is 0.338 e. The molecule has 0 unspecified atom stereocenters. The Morgan fingerprint density at radius 1 is 1.19 bits per heavy atom. The molecule has 10 nitrogen and oxygen atoms in total. The molecule has 1 atom stereocenters. The normalized spacial score (nSPS) is 12.0. The molecule has 0 fully saturated rings. The van der Waals surface area contributed by atoms with E-state index in [-0.39, 0.29) is 18.0 Å². The van der Waals surface area contributed by atoms with Gasteiger partial charge in [0, 0.05) is 17.8 Å². The third-order valence-electron chi connectivity index (χ3n) is 4.39. The quantitative estimate of drug-likeness (QED) is 0.372. The maximum atomic E-state index is 12.8. The van der Waals surface area contributed by atoms with Gasteiger partial charge in [-0.25, -0.2) is 13.2 Å². The van der Waals surface area contributed by atoms with E-state index >= 15 is 0 Å². The number of carbonyl (C=O) groups is 2. The van der Waals surface area contributed by atoms with Crippen molar-refractivity contribution in [2.75, 3.05) is 22.5 Å². The van der Waals surface area contributed by atoms with E-state index < -0.39 is 32.9 Å². The molecule has 2 rings (SSSR count). The molecule has 0 saturated carbocycles. The Morgan fingerprint density at radius 3 is 2.32 bits per heavy atom. The standard InChI is InChI=1S/C20H23N3O7S/c1-5-30-20(25)15-7-9-16(10-8-15)21-19(24)14(3)22(31(4,28)29)18-12-17(23(26)27)11-6-13(18)2/h6-12,14H,5H2,1-4H3,(H,21,24)/t14-/m1/s1. The second kappa shape index (κ2) is 9.56. The van der Waals surface area contributed by atoms with Crippen molar-refractivity contribution >= 4 is 39.0 Å². The summed E-state index contributed by atoms with van der Waals surface area (Å²) in [7, 11) is -3.96. The molecule has 2 aromatic carbocycles. The number of sulfonamides is 1. The third-order valence-corrected chi connectivity index (χ3v) is 5.62. The fourth-order valence-electron chi connectivity index (χ4n) is 2.88. The van der Waals surface area contributed by atoms with Gasteiger partial charge >= 0.3 is 5.97 Å². The number of nitro groups is 1. The van der Waals surface area contributed by atoms with Crippen LogP contribution in [-0.2, 0) is 19.6 Å². The van der Waals surface area contributed by atoms with Gasteiger partial charge in [-0.3, -0.25) is 19.2 Å². The van der Waals surface area contributed by atoms with Crippen molar-refractivity contribution in [3.8, 4) is 0 Å². The molecule has 0 radical (unpaired) electrons. The number of nitrogens with zero attached hydrogens (tertiary/aromatic N) is 2. The number of rotatable bonds is 8. The molecule has 0 saturated heterocycles. The first kappa shape index (κ1) is 23.8. The number of nitrogens with one attached hydrogen (secondary N) is 1. The average molecular weight is 449 g/mol. The minimum atomic E-state index is -3.96. The van der Waals surface area contributed by atoms with E-state index in [1.807, 2.05) is 0 Å². The summed E-state index contributed by atoms with van der Waals surface area (Å²) in [5, 5.41) is 13.7. The Hall–Kier alpha value is -3.47. The molecular formula is C20H23N3O7S. The molecule has 1 amide bonds. The zero-order chi connectivity index (χ0) is 23.3. The van der Waals surface area contributed by atoms with Crippen molar-refractivity contribution < 1.29 is 27.7 Å². The van der Waals surface area contributed by atoms with Crippen LogP contribution in [0.1, 0.15) is 29.8 Å². The van der Waals surface area contributed by atoms with Crippen LogP contribution in [0.25, 0.3) is 0 Å². The monoisotopic (exact) mass is 449 g/mol. The highest BCUT2D eigenvalue weighted by molar-refractivity contribution is 7.92. The number of non-ortho nitro benzene ring substituents is 1. The van der Waals surface area contributed by atoms with Gasteiger partial charge in [-0.05, 0) is 50.6 Å². The van der Waals surface area contributed by atoms with Crippen molar-refractivity contribution in [1.29, 1.82) is 0 Å². The molecule has 31 heavy (non-hydrogen) atoms. The largest absolute Gasteiger partial charge is 0.462 e. The van der Waals surface area contributed by atoms with Gasteiger partial charge in [-0.2, -0.15) is 0 Å². The zero-order valence-electron chi connectivity index (χ0n) is 17.5. The number of aryl methyl sites for hydroxylation is 1. The van der Waals surface area contributed by atoms with Crippen LogP contribution < -0.4 is 9.62 Å². The first-order chi connectivity index (χ1) is 14.5. The van der Waals surface area contributed by atoms with Gasteiger partial charge in [0.1, 0.15) is 6.04 Å². The van der Waals surface area contributed by atoms with Gasteiger partial charge in [0.05, 0.1) is 29.0 Å². The van der Waals surface area contributed by atoms with Crippen LogP contribution in [0.4, 0.5) is 17.1 Å². The van der Waals surface area contributed by atoms with Crippen molar-refractivity contribution in [3.63, 3.8) is 0 Å². The molecule has 0 bridgehead atoms. The van der Waals surface area contributed by atoms with Crippen LogP contribution in [0.5, 0.6) is 0 Å². The molecule has 11 heteroatoms. The van der Waals surface area contributed by atoms with Crippen LogP contribution in [0.2, 0.25) is 0 Å². The lowest BCUT2D eigenvalue weighted by molar-refractivity contribution is -0.384. The van der Waals surface area contributed by atoms with E-state index in [2.05, 4.69) is 5.32 Å². The minimum Gasteiger partial charge on any atom is -0.462 e. The number of amides is 1. The van der Waals surface area contributed by atoms with Gasteiger partial charge in [0.15, 0.2) is 0 Å². The fraction of sp³-hybridized carbons (Fsp3) is 0.300. The van der Waals surface area contributed by atoms with E-state index in [1.54, 1.807) is 13.8 Å². The predicted octanol–water partition coefficient (Wildman–Crippen LogP) is 2.87. The van der Waals surface area contributed by atoms with Crippen LogP contribution in [0.15, 0.2) is 42.5 Å². The SMILES string of the molecule is CCOC(=O)c1ccc(NC(=O)[C@@H](C)N(c2cc([N+](=O)[O-])ccc2C)S(C)(=O)=O)cc1. The Morgan fingerprint density at radius 2 is 1.81 bits per heavy atom. The number of nitro benzene ring substituents is 1. The molecule has 0 heterocycles. The van der Waals surface area contributed by atoms with Gasteiger partial charge in [-0.15, -0.1) is 0 Å². The topological polar surface area (TPSA) is 136 Å². The summed E-state index contributed by atoms with van der Waals surface area (Å²) in [6, 6.07) is 8.50. The average Bonchev–Trinajstić information content (AvgIpc) is 2.69. The Balaban J connectivity index is 2.32. The Kier molecular flexibility index (Phi) is 7.34. The highest BCUT2D eigenvalue weighted by atomic mass is 32.2. The number of hydrogen-bond acceptors (Lipinski definition) is 7. The number of ether oxygens (including phenoxy) is 1. The van der Waals surface area contributed by atoms with Gasteiger partial charge in [0.25, 0.3) is 5.69 Å². The number of esters is 1. The number of carbonyl (C=O) groups excluding carboxylic acids is 2. The van der Waals surface area contributed by atoms with Crippen molar-refractivity contribution in [2.45, 2.75) is 26.8 Å². The van der Waals surface area contributed by atoms with E-state index in [4.69, 9.17) is 4.74 Å². The van der Waals surface area contributed by atoms with Crippen LogP contribution in [-0.4, -0.2) is 44.1 Å². The Bertz CT molecular complexity index is 1100. The lowest BCUT2D eigenvalue weighted by Gasteiger charge is -2.29. The maximum Gasteiger partial charge on any atom is 0.338 e. The lowest BCUT2D eigenvalue weighted by atomic mass is 10.1. The lowest BCUT2D eigenvalue weighted by Crippen LogP contribution is -2.45. The zero-order valence-corrected chi connectivity index (χ0v) is 18.3. The fourth-order valence-corrected chi connectivity index (χ4v) is 4.10. The Labute approximate surface area is 180 Å². The summed E-state index contributed by atoms with van der Waals surface area (Å²) < 4.78 is 30.7. The van der Waals surface area contributed by atoms with Crippen LogP contribution in [0.3, 0.4) is 0 Å². The highest BCUT2D eigenvalue weighted by Gasteiger charge is 2.31. The summed E-state index contributed by atoms with van der Waals surface area (Å²) in [5.74, 6) is -1.15. The predicted molar refractivity (Wildman–Crippen MR) is 116 cm³/mol. The molecule has 0 aliphatic rings. The minimum absolute atomic E-state index is 0.0389. The van der Waals surface area contributed by atoms with Crippen LogP contribution in [0, 0.1) is 17.0 Å². The van der Waals surface area contributed by atoms with Gasteiger partial charge < -0.3 is 10.1 Å². The summed E-state index contributed by atoms with van der Waals surface area (Å²) >= 11 is 0. The van der Waals surface area contributed by atoms with E-state index in [1.165, 1.54) is 43.3 Å². The van der Waals surface area contributed by atoms with Gasteiger partial charge in [-0.1, -0.05) is 6.07 Å². The summed E-state index contributed by atoms with van der Waals surface area (Å²) in [6.45, 7) is 4.88. The van der Waals surface area contributed by atoms with E-state index in [0.717, 1.165) is 16.6 Å². The number of hydrogen-bond donors (Lipinski definition) is 1. The highest BCUT2D eigenvalue weighted by Crippen LogP contribution is 2.29. The summed E-state index contributed by atoms with van der Waals surface area (Å²) in [6.07, 6.45) is 0.920. The molecule has 166 valence electrons. The third kappa shape index (κ3) is 5.79. The van der Waals surface area contributed by atoms with Crippen LogP contribution >= 0.6 is 0 Å². The summed E-state index contributed by atoms with van der Waals surface area (Å²) in [4.78, 5) is 35.0. The first-order valence-electron chi connectivity index (χ1n) is 9.28. The molecule has 0 aromatic heterocycles. The second-order valence-electron chi connectivity index (χ2n) is 6.75. The van der Waals surface area contributed by atoms with Crippen molar-refractivity contribution in [1.82, 2.24) is 0 Å². The molecule has 0 aliphatic heterocycles. The maximum absolute atomic E-state index is 12.8. The van der Waals surface area contributed by atoms with Crippen molar-refractivity contribution in [3.05, 3.63) is 63.7 Å². The first-order valence-corrected chi connectivity index (χ1v) is 11.1. The van der Waals surface area contributed by atoms with E-state index in [0.29, 0.717) is 16.8 Å². The number of anilines is 2. The van der Waals surface area contributed by atoms with E-state index in [9.17, 15) is 28.1 Å².